The molecule has 0 unspecified atom stereocenters. The van der Waals surface area contributed by atoms with Crippen LogP contribution in [0.25, 0.3) is 0 Å². The highest BCUT2D eigenvalue weighted by Crippen LogP contribution is 2.54. The normalized spacial score (nSPS) is 36.9. The van der Waals surface area contributed by atoms with Crippen LogP contribution >= 0.6 is 0 Å². The van der Waals surface area contributed by atoms with E-state index in [0.717, 1.165) is 36.5 Å². The Balaban J connectivity index is 1.46. The molecule has 0 amide bonds. The Morgan fingerprint density at radius 2 is 1.71 bits per heavy atom. The van der Waals surface area contributed by atoms with Gasteiger partial charge in [-0.2, -0.15) is 0 Å². The van der Waals surface area contributed by atoms with E-state index in [4.69, 9.17) is 5.11 Å². The molecular weight excluding hydrogens is 258 g/mol. The van der Waals surface area contributed by atoms with Gasteiger partial charge in [0.1, 0.15) is 0 Å². The van der Waals surface area contributed by atoms with Crippen LogP contribution in [0.4, 0.5) is 5.69 Å². The molecule has 4 bridgehead atoms. The highest BCUT2D eigenvalue weighted by molar-refractivity contribution is 5.47. The fourth-order valence-corrected chi connectivity index (χ4v) is 5.45. The average molecular weight is 285 g/mol. The minimum atomic E-state index is 0.285. The zero-order valence-corrected chi connectivity index (χ0v) is 12.8. The average Bonchev–Trinajstić information content (AvgIpc) is 2.48. The molecule has 1 aromatic rings. The summed E-state index contributed by atoms with van der Waals surface area (Å²) >= 11 is 0. The largest absolute Gasteiger partial charge is 0.396 e. The van der Waals surface area contributed by atoms with E-state index >= 15 is 0 Å². The predicted octanol–water partition coefficient (Wildman–Crippen LogP) is 3.85. The first-order chi connectivity index (χ1) is 10.3. The van der Waals surface area contributed by atoms with Gasteiger partial charge in [0.2, 0.25) is 0 Å². The molecule has 21 heavy (non-hydrogen) atoms. The topological polar surface area (TPSA) is 32.3 Å². The maximum Gasteiger partial charge on any atom is 0.0434 e. The Morgan fingerprint density at radius 3 is 2.38 bits per heavy atom. The quantitative estimate of drug-likeness (QED) is 0.861. The molecule has 0 spiro atoms. The number of nitrogens with one attached hydrogen (secondary N) is 1. The van der Waals surface area contributed by atoms with Gasteiger partial charge in [0.15, 0.2) is 0 Å². The number of hydrogen-bond acceptors (Lipinski definition) is 2. The van der Waals surface area contributed by atoms with Crippen molar-refractivity contribution in [2.45, 2.75) is 51.0 Å². The lowest BCUT2D eigenvalue weighted by molar-refractivity contribution is 0.00754. The summed E-state index contributed by atoms with van der Waals surface area (Å²) in [6.45, 7) is 0.285. The number of aliphatic hydroxyl groups is 1. The molecule has 0 heterocycles. The number of anilines is 1. The highest BCUT2D eigenvalue weighted by atomic mass is 16.2. The maximum absolute atomic E-state index is 8.98. The van der Waals surface area contributed by atoms with E-state index in [1.54, 1.807) is 0 Å². The number of rotatable bonds is 5. The lowest BCUT2D eigenvalue weighted by atomic mass is 9.54. The number of hydrogen-bond donors (Lipinski definition) is 2. The first-order valence-electron chi connectivity index (χ1n) is 8.78. The minimum absolute atomic E-state index is 0.285. The molecule has 0 atom stereocenters. The number of aliphatic hydroxyl groups excluding tert-OH is 1. The lowest BCUT2D eigenvalue weighted by Crippen LogP contribution is -2.51. The van der Waals surface area contributed by atoms with Crippen LogP contribution in [0.3, 0.4) is 0 Å². The molecule has 4 aliphatic rings. The molecule has 2 N–H and O–H groups in total. The summed E-state index contributed by atoms with van der Waals surface area (Å²) in [5.41, 5.74) is 2.64. The summed E-state index contributed by atoms with van der Waals surface area (Å²) in [4.78, 5) is 0. The Labute approximate surface area is 128 Å². The van der Waals surface area contributed by atoms with Crippen molar-refractivity contribution in [2.24, 2.45) is 23.7 Å². The molecule has 1 aromatic carbocycles. The molecule has 4 saturated carbocycles. The van der Waals surface area contributed by atoms with Crippen LogP contribution in [0.5, 0.6) is 0 Å². The second-order valence-corrected chi connectivity index (χ2v) is 7.63. The maximum atomic E-state index is 8.98. The fourth-order valence-electron chi connectivity index (χ4n) is 5.45. The van der Waals surface area contributed by atoms with E-state index in [-0.39, 0.29) is 6.61 Å². The van der Waals surface area contributed by atoms with E-state index < -0.39 is 0 Å². The Hall–Kier alpha value is -1.02. The van der Waals surface area contributed by atoms with Gasteiger partial charge in [-0.15, -0.1) is 0 Å². The standard InChI is InChI=1S/C19H27NO/c21-6-2-4-13-3-1-5-18(12-13)20-19-16-8-14-7-15(10-16)11-17(19)9-14/h1,3,5,12,14-17,19-21H,2,4,6-11H2. The van der Waals surface area contributed by atoms with E-state index in [0.29, 0.717) is 6.04 Å². The van der Waals surface area contributed by atoms with Crippen molar-refractivity contribution in [2.75, 3.05) is 11.9 Å². The smallest absolute Gasteiger partial charge is 0.0434 e. The first-order valence-corrected chi connectivity index (χ1v) is 8.78. The minimum Gasteiger partial charge on any atom is -0.396 e. The summed E-state index contributed by atoms with van der Waals surface area (Å²) in [6.07, 6.45) is 9.24. The number of aryl methyl sites for hydroxylation is 1. The van der Waals surface area contributed by atoms with Crippen LogP contribution in [0.15, 0.2) is 24.3 Å². The Kier molecular flexibility index (Phi) is 3.66. The molecular formula is C19H27NO. The van der Waals surface area contributed by atoms with E-state index in [9.17, 15) is 0 Å². The van der Waals surface area contributed by atoms with Gasteiger partial charge in [0.05, 0.1) is 0 Å². The van der Waals surface area contributed by atoms with Gasteiger partial charge in [-0.05, 0) is 86.3 Å². The summed E-state index contributed by atoms with van der Waals surface area (Å²) in [7, 11) is 0. The monoisotopic (exact) mass is 285 g/mol. The van der Waals surface area contributed by atoms with Crippen molar-refractivity contribution < 1.29 is 5.11 Å². The SMILES string of the molecule is OCCCc1cccc(NC2C3CC4CC(C3)CC2C4)c1. The molecule has 0 radical (unpaired) electrons. The molecule has 4 aliphatic carbocycles. The second kappa shape index (κ2) is 5.64. The van der Waals surface area contributed by atoms with Crippen LogP contribution in [-0.4, -0.2) is 17.8 Å². The zero-order chi connectivity index (χ0) is 14.2. The fraction of sp³-hybridized carbons (Fsp3) is 0.684. The summed E-state index contributed by atoms with van der Waals surface area (Å²) in [5, 5.41) is 12.9. The van der Waals surface area contributed by atoms with Gasteiger partial charge in [-0.1, -0.05) is 12.1 Å². The van der Waals surface area contributed by atoms with Crippen molar-refractivity contribution in [3.63, 3.8) is 0 Å². The van der Waals surface area contributed by atoms with Gasteiger partial charge in [0, 0.05) is 18.3 Å². The van der Waals surface area contributed by atoms with Crippen molar-refractivity contribution in [3.8, 4) is 0 Å². The summed E-state index contributed by atoms with van der Waals surface area (Å²) in [5.74, 6) is 3.92. The first kappa shape index (κ1) is 13.6. The van der Waals surface area contributed by atoms with Crippen molar-refractivity contribution in [1.82, 2.24) is 0 Å². The molecule has 2 heteroatoms. The third-order valence-corrected chi connectivity index (χ3v) is 6.11. The molecule has 114 valence electrons. The molecule has 4 fully saturated rings. The van der Waals surface area contributed by atoms with Crippen LogP contribution in [0.1, 0.15) is 44.1 Å². The third-order valence-electron chi connectivity index (χ3n) is 6.11. The molecule has 0 aliphatic heterocycles. The molecule has 5 rings (SSSR count). The second-order valence-electron chi connectivity index (χ2n) is 7.63. The van der Waals surface area contributed by atoms with Crippen LogP contribution in [0.2, 0.25) is 0 Å². The van der Waals surface area contributed by atoms with E-state index in [1.807, 2.05) is 0 Å². The van der Waals surface area contributed by atoms with E-state index in [1.165, 1.54) is 43.4 Å². The number of benzene rings is 1. The van der Waals surface area contributed by atoms with Gasteiger partial charge in [-0.25, -0.2) is 0 Å². The van der Waals surface area contributed by atoms with Crippen molar-refractivity contribution in [3.05, 3.63) is 29.8 Å². The summed E-state index contributed by atoms with van der Waals surface area (Å²) < 4.78 is 0. The molecule has 0 aromatic heterocycles. The van der Waals surface area contributed by atoms with Crippen molar-refractivity contribution >= 4 is 5.69 Å². The lowest BCUT2D eigenvalue weighted by Gasteiger charge is -2.54. The van der Waals surface area contributed by atoms with Crippen molar-refractivity contribution in [1.29, 1.82) is 0 Å². The summed E-state index contributed by atoms with van der Waals surface area (Å²) in [6, 6.07) is 9.56. The third kappa shape index (κ3) is 2.70. The molecule has 0 saturated heterocycles. The van der Waals surface area contributed by atoms with E-state index in [2.05, 4.69) is 29.6 Å². The van der Waals surface area contributed by atoms with Crippen LogP contribution in [0, 0.1) is 23.7 Å². The Morgan fingerprint density at radius 1 is 1.00 bits per heavy atom. The predicted molar refractivity (Wildman–Crippen MR) is 86.3 cm³/mol. The van der Waals surface area contributed by atoms with Gasteiger partial charge < -0.3 is 10.4 Å². The van der Waals surface area contributed by atoms with Gasteiger partial charge in [-0.3, -0.25) is 0 Å². The highest BCUT2D eigenvalue weighted by Gasteiger charge is 2.48. The Bertz CT molecular complexity index is 470. The zero-order valence-electron chi connectivity index (χ0n) is 12.8. The molecule has 2 nitrogen and oxygen atoms in total. The van der Waals surface area contributed by atoms with Crippen LogP contribution < -0.4 is 5.32 Å². The van der Waals surface area contributed by atoms with Crippen LogP contribution in [-0.2, 0) is 6.42 Å². The van der Waals surface area contributed by atoms with Gasteiger partial charge >= 0.3 is 0 Å². The van der Waals surface area contributed by atoms with Gasteiger partial charge in [0.25, 0.3) is 0 Å².